The lowest BCUT2D eigenvalue weighted by Gasteiger charge is -1.93. The van der Waals surface area contributed by atoms with Crippen LogP contribution in [0.4, 0.5) is 0 Å². The summed E-state index contributed by atoms with van der Waals surface area (Å²) in [6.45, 7) is 1.51. The SMILES string of the molecule is CC(=O)/C=C/c1cccnc1Br. The van der Waals surface area contributed by atoms with E-state index in [1.54, 1.807) is 12.3 Å². The zero-order valence-corrected chi connectivity index (χ0v) is 8.21. The van der Waals surface area contributed by atoms with Gasteiger partial charge in [-0.2, -0.15) is 0 Å². The van der Waals surface area contributed by atoms with Crippen LogP contribution >= 0.6 is 15.9 Å². The second kappa shape index (κ2) is 4.16. The zero-order valence-electron chi connectivity index (χ0n) is 6.62. The van der Waals surface area contributed by atoms with E-state index >= 15 is 0 Å². The Morgan fingerprint density at radius 1 is 1.67 bits per heavy atom. The summed E-state index contributed by atoms with van der Waals surface area (Å²) in [6.07, 6.45) is 4.94. The first-order valence-electron chi connectivity index (χ1n) is 3.49. The van der Waals surface area contributed by atoms with Gasteiger partial charge in [0.15, 0.2) is 5.78 Å². The van der Waals surface area contributed by atoms with Crippen LogP contribution in [0.2, 0.25) is 0 Å². The smallest absolute Gasteiger partial charge is 0.152 e. The van der Waals surface area contributed by atoms with Crippen LogP contribution in [0, 0.1) is 0 Å². The molecule has 0 unspecified atom stereocenters. The molecule has 0 spiro atoms. The van der Waals surface area contributed by atoms with Crippen molar-refractivity contribution in [3.63, 3.8) is 0 Å². The molecule has 0 N–H and O–H groups in total. The summed E-state index contributed by atoms with van der Waals surface area (Å²) in [7, 11) is 0. The molecule has 3 heteroatoms. The Labute approximate surface area is 79.5 Å². The highest BCUT2D eigenvalue weighted by molar-refractivity contribution is 9.10. The highest BCUT2D eigenvalue weighted by Crippen LogP contribution is 2.13. The molecular formula is C9H8BrNO. The Morgan fingerprint density at radius 2 is 2.42 bits per heavy atom. The van der Waals surface area contributed by atoms with Gasteiger partial charge in [-0.3, -0.25) is 4.79 Å². The molecule has 1 heterocycles. The minimum atomic E-state index is 0.0331. The summed E-state index contributed by atoms with van der Waals surface area (Å²) in [4.78, 5) is 14.6. The summed E-state index contributed by atoms with van der Waals surface area (Å²) in [5.41, 5.74) is 0.910. The molecule has 0 bridgehead atoms. The van der Waals surface area contributed by atoms with E-state index in [9.17, 15) is 4.79 Å². The van der Waals surface area contributed by atoms with Crippen LogP contribution in [-0.2, 0) is 4.79 Å². The third kappa shape index (κ3) is 2.58. The predicted molar refractivity (Wildman–Crippen MR) is 51.7 cm³/mol. The number of carbonyl (C=O) groups is 1. The summed E-state index contributed by atoms with van der Waals surface area (Å²) >= 11 is 3.27. The van der Waals surface area contributed by atoms with E-state index in [2.05, 4.69) is 20.9 Å². The number of carbonyl (C=O) groups excluding carboxylic acids is 1. The second-order valence-electron chi connectivity index (χ2n) is 2.33. The Hall–Kier alpha value is -0.960. The van der Waals surface area contributed by atoms with Crippen molar-refractivity contribution in [2.75, 3.05) is 0 Å². The molecule has 0 atom stereocenters. The molecular weight excluding hydrogens is 218 g/mol. The Balaban J connectivity index is 2.89. The lowest BCUT2D eigenvalue weighted by atomic mass is 10.2. The number of rotatable bonds is 2. The normalized spacial score (nSPS) is 10.5. The number of hydrogen-bond donors (Lipinski definition) is 0. The lowest BCUT2D eigenvalue weighted by Crippen LogP contribution is -1.82. The van der Waals surface area contributed by atoms with Crippen LogP contribution < -0.4 is 0 Å². The molecule has 2 nitrogen and oxygen atoms in total. The third-order valence-corrected chi connectivity index (χ3v) is 1.95. The van der Waals surface area contributed by atoms with Gasteiger partial charge in [-0.15, -0.1) is 0 Å². The molecule has 62 valence electrons. The highest BCUT2D eigenvalue weighted by Gasteiger charge is 1.93. The van der Waals surface area contributed by atoms with Crippen molar-refractivity contribution in [3.05, 3.63) is 34.6 Å². The molecule has 1 rings (SSSR count). The van der Waals surface area contributed by atoms with Crippen molar-refractivity contribution in [1.29, 1.82) is 0 Å². The number of ketones is 1. The van der Waals surface area contributed by atoms with E-state index in [0.29, 0.717) is 0 Å². The van der Waals surface area contributed by atoms with Crippen LogP contribution in [0.5, 0.6) is 0 Å². The molecule has 1 aromatic rings. The number of hydrogen-bond acceptors (Lipinski definition) is 2. The van der Waals surface area contributed by atoms with Crippen LogP contribution in [0.25, 0.3) is 6.08 Å². The summed E-state index contributed by atoms with van der Waals surface area (Å²) in [5.74, 6) is 0.0331. The van der Waals surface area contributed by atoms with Crippen molar-refractivity contribution in [2.45, 2.75) is 6.92 Å². The van der Waals surface area contributed by atoms with Crippen LogP contribution in [-0.4, -0.2) is 10.8 Å². The monoisotopic (exact) mass is 225 g/mol. The maximum Gasteiger partial charge on any atom is 0.152 e. The van der Waals surface area contributed by atoms with E-state index in [0.717, 1.165) is 10.2 Å². The molecule has 0 aliphatic heterocycles. The topological polar surface area (TPSA) is 30.0 Å². The number of aromatic nitrogens is 1. The van der Waals surface area contributed by atoms with Crippen molar-refractivity contribution >= 4 is 27.8 Å². The van der Waals surface area contributed by atoms with Crippen molar-refractivity contribution in [3.8, 4) is 0 Å². The fraction of sp³-hybridized carbons (Fsp3) is 0.111. The average molecular weight is 226 g/mol. The fourth-order valence-corrected chi connectivity index (χ4v) is 1.11. The molecule has 0 aliphatic rings. The molecule has 0 amide bonds. The molecule has 12 heavy (non-hydrogen) atoms. The van der Waals surface area contributed by atoms with Gasteiger partial charge in [-0.05, 0) is 41.1 Å². The third-order valence-electron chi connectivity index (χ3n) is 1.29. The lowest BCUT2D eigenvalue weighted by molar-refractivity contribution is -0.112. The molecule has 0 radical (unpaired) electrons. The number of halogens is 1. The van der Waals surface area contributed by atoms with E-state index in [1.165, 1.54) is 13.0 Å². The highest BCUT2D eigenvalue weighted by atomic mass is 79.9. The van der Waals surface area contributed by atoms with E-state index in [-0.39, 0.29) is 5.78 Å². The minimum Gasteiger partial charge on any atom is -0.295 e. The molecule has 0 aliphatic carbocycles. The predicted octanol–water partition coefficient (Wildman–Crippen LogP) is 2.45. The maximum absolute atomic E-state index is 10.6. The second-order valence-corrected chi connectivity index (χ2v) is 3.08. The molecule has 0 fully saturated rings. The van der Waals surface area contributed by atoms with Gasteiger partial charge in [0.1, 0.15) is 4.60 Å². The minimum absolute atomic E-state index is 0.0331. The molecule has 0 saturated carbocycles. The quantitative estimate of drug-likeness (QED) is 0.572. The van der Waals surface area contributed by atoms with Gasteiger partial charge in [0, 0.05) is 11.8 Å². The van der Waals surface area contributed by atoms with Crippen LogP contribution in [0.3, 0.4) is 0 Å². The van der Waals surface area contributed by atoms with Gasteiger partial charge >= 0.3 is 0 Å². The van der Waals surface area contributed by atoms with Gasteiger partial charge in [0.25, 0.3) is 0 Å². The van der Waals surface area contributed by atoms with Gasteiger partial charge in [0.2, 0.25) is 0 Å². The van der Waals surface area contributed by atoms with Gasteiger partial charge in [0.05, 0.1) is 0 Å². The molecule has 1 aromatic heterocycles. The maximum atomic E-state index is 10.6. The molecule has 0 saturated heterocycles. The van der Waals surface area contributed by atoms with Crippen molar-refractivity contribution in [1.82, 2.24) is 4.98 Å². The van der Waals surface area contributed by atoms with Gasteiger partial charge in [-0.1, -0.05) is 6.07 Å². The van der Waals surface area contributed by atoms with Crippen molar-refractivity contribution in [2.24, 2.45) is 0 Å². The number of nitrogens with zero attached hydrogens (tertiary/aromatic N) is 1. The first kappa shape index (κ1) is 9.13. The Kier molecular flexibility index (Phi) is 3.17. The van der Waals surface area contributed by atoms with E-state index < -0.39 is 0 Å². The number of allylic oxidation sites excluding steroid dienone is 1. The standard InChI is InChI=1S/C9H8BrNO/c1-7(12)4-5-8-3-2-6-11-9(8)10/h2-6H,1H3/b5-4+. The van der Waals surface area contributed by atoms with E-state index in [1.807, 2.05) is 12.1 Å². The van der Waals surface area contributed by atoms with E-state index in [4.69, 9.17) is 0 Å². The summed E-state index contributed by atoms with van der Waals surface area (Å²) < 4.78 is 0.752. The first-order valence-corrected chi connectivity index (χ1v) is 4.28. The fourth-order valence-electron chi connectivity index (χ4n) is 0.730. The Morgan fingerprint density at radius 3 is 3.00 bits per heavy atom. The van der Waals surface area contributed by atoms with Gasteiger partial charge < -0.3 is 0 Å². The summed E-state index contributed by atoms with van der Waals surface area (Å²) in [6, 6.07) is 3.71. The molecule has 0 aromatic carbocycles. The average Bonchev–Trinajstić information content (AvgIpc) is 2.03. The zero-order chi connectivity index (χ0) is 8.97. The van der Waals surface area contributed by atoms with Crippen molar-refractivity contribution < 1.29 is 4.79 Å². The number of pyridine rings is 1. The van der Waals surface area contributed by atoms with Crippen LogP contribution in [0.15, 0.2) is 29.0 Å². The Bertz CT molecular complexity index is 320. The summed E-state index contributed by atoms with van der Waals surface area (Å²) in [5, 5.41) is 0. The largest absolute Gasteiger partial charge is 0.295 e. The first-order chi connectivity index (χ1) is 5.70. The van der Waals surface area contributed by atoms with Gasteiger partial charge in [-0.25, -0.2) is 4.98 Å². The van der Waals surface area contributed by atoms with Crippen LogP contribution in [0.1, 0.15) is 12.5 Å².